The first-order valence-electron chi connectivity index (χ1n) is 36.4. The molecule has 0 fully saturated rings. The first-order valence-corrected chi connectivity index (χ1v) is 36.4. The Bertz CT molecular complexity index is 1520. The number of ether oxygens (including phenoxy) is 3. The van der Waals surface area contributed by atoms with Gasteiger partial charge in [0.25, 0.3) is 0 Å². The SMILES string of the molecule is CC/C=C\C/C=C\C/C=C\C/C=C\CCCCC(=O)OC(COC(=O)CCCCCCCCCCCCCCCCC)COC(=O)CCCCCCCCCCCCCCCCCCCCCCCCC/C=C\C/C=C\CCCCCCC. The van der Waals surface area contributed by atoms with Gasteiger partial charge in [-0.15, -0.1) is 0 Å². The molecule has 0 N–H and O–H groups in total. The number of rotatable bonds is 67. The van der Waals surface area contributed by atoms with Crippen LogP contribution < -0.4 is 0 Å². The fraction of sp³-hybridized carbons (Fsp3) is 0.805. The van der Waals surface area contributed by atoms with E-state index in [1.54, 1.807) is 0 Å². The van der Waals surface area contributed by atoms with Crippen molar-refractivity contribution >= 4 is 17.9 Å². The van der Waals surface area contributed by atoms with Gasteiger partial charge in [0.1, 0.15) is 13.2 Å². The Labute approximate surface area is 516 Å². The highest BCUT2D eigenvalue weighted by Gasteiger charge is 2.19. The maximum atomic E-state index is 12.9. The Morgan fingerprint density at radius 2 is 0.470 bits per heavy atom. The summed E-state index contributed by atoms with van der Waals surface area (Å²) in [5.41, 5.74) is 0. The van der Waals surface area contributed by atoms with Crippen LogP contribution in [0.3, 0.4) is 0 Å². The van der Waals surface area contributed by atoms with Crippen molar-refractivity contribution in [2.45, 2.75) is 386 Å². The van der Waals surface area contributed by atoms with Crippen molar-refractivity contribution in [2.24, 2.45) is 0 Å². The predicted molar refractivity (Wildman–Crippen MR) is 362 cm³/mol. The van der Waals surface area contributed by atoms with Crippen molar-refractivity contribution in [3.05, 3.63) is 72.9 Å². The minimum atomic E-state index is -0.795. The molecule has 0 saturated carbocycles. The molecule has 0 aliphatic carbocycles. The second-order valence-corrected chi connectivity index (χ2v) is 24.5. The van der Waals surface area contributed by atoms with E-state index in [1.807, 2.05) is 0 Å². The van der Waals surface area contributed by atoms with Crippen molar-refractivity contribution < 1.29 is 28.6 Å². The summed E-state index contributed by atoms with van der Waals surface area (Å²) in [4.78, 5) is 38.4. The molecule has 83 heavy (non-hydrogen) atoms. The van der Waals surface area contributed by atoms with Crippen molar-refractivity contribution in [1.29, 1.82) is 0 Å². The van der Waals surface area contributed by atoms with Crippen LogP contribution in [0.25, 0.3) is 0 Å². The number of unbranched alkanes of at least 4 members (excludes halogenated alkanes) is 44. The zero-order valence-corrected chi connectivity index (χ0v) is 55.5. The molecule has 0 amide bonds. The molecule has 6 heteroatoms. The van der Waals surface area contributed by atoms with Gasteiger partial charge < -0.3 is 14.2 Å². The van der Waals surface area contributed by atoms with Gasteiger partial charge in [-0.25, -0.2) is 0 Å². The summed E-state index contributed by atoms with van der Waals surface area (Å²) in [7, 11) is 0. The van der Waals surface area contributed by atoms with Crippen LogP contribution in [0.2, 0.25) is 0 Å². The van der Waals surface area contributed by atoms with Crippen LogP contribution in [0.5, 0.6) is 0 Å². The third-order valence-corrected chi connectivity index (χ3v) is 16.2. The van der Waals surface area contributed by atoms with E-state index in [4.69, 9.17) is 14.2 Å². The van der Waals surface area contributed by atoms with E-state index in [9.17, 15) is 14.4 Å². The summed E-state index contributed by atoms with van der Waals surface area (Å²) in [6.07, 6.45) is 93.9. The Morgan fingerprint density at radius 1 is 0.253 bits per heavy atom. The molecule has 482 valence electrons. The van der Waals surface area contributed by atoms with Crippen molar-refractivity contribution in [3.8, 4) is 0 Å². The molecular formula is C77H138O6. The third kappa shape index (κ3) is 69.5. The van der Waals surface area contributed by atoms with Crippen LogP contribution in [0.4, 0.5) is 0 Å². The third-order valence-electron chi connectivity index (χ3n) is 16.2. The first kappa shape index (κ1) is 79.8. The fourth-order valence-electron chi connectivity index (χ4n) is 10.8. The minimum absolute atomic E-state index is 0.0869. The van der Waals surface area contributed by atoms with E-state index in [1.165, 1.54) is 250 Å². The van der Waals surface area contributed by atoms with Gasteiger partial charge in [-0.1, -0.05) is 344 Å². The van der Waals surface area contributed by atoms with E-state index in [-0.39, 0.29) is 37.5 Å². The van der Waals surface area contributed by atoms with E-state index in [0.29, 0.717) is 19.3 Å². The minimum Gasteiger partial charge on any atom is -0.462 e. The average Bonchev–Trinajstić information content (AvgIpc) is 3.50. The Balaban J connectivity index is 4.11. The van der Waals surface area contributed by atoms with E-state index in [0.717, 1.165) is 83.5 Å². The molecule has 0 aliphatic heterocycles. The van der Waals surface area contributed by atoms with E-state index >= 15 is 0 Å². The molecule has 1 unspecified atom stereocenters. The molecule has 0 rings (SSSR count). The number of carbonyl (C=O) groups excluding carboxylic acids is 3. The summed E-state index contributed by atoms with van der Waals surface area (Å²) < 4.78 is 16.9. The van der Waals surface area contributed by atoms with Gasteiger partial charge in [0, 0.05) is 19.3 Å². The van der Waals surface area contributed by atoms with Crippen LogP contribution in [0.15, 0.2) is 72.9 Å². The van der Waals surface area contributed by atoms with Crippen LogP contribution in [0, 0.1) is 0 Å². The van der Waals surface area contributed by atoms with Crippen LogP contribution >= 0.6 is 0 Å². The van der Waals surface area contributed by atoms with Gasteiger partial charge in [-0.05, 0) is 89.9 Å². The number of carbonyl (C=O) groups is 3. The molecule has 0 heterocycles. The normalized spacial score (nSPS) is 12.5. The molecular weight excluding hydrogens is 1020 g/mol. The lowest BCUT2D eigenvalue weighted by Gasteiger charge is -2.18. The van der Waals surface area contributed by atoms with E-state index < -0.39 is 6.10 Å². The standard InChI is InChI=1S/C77H138O6/c1-4-7-10-13-16-19-22-25-28-29-30-31-32-33-34-35-36-37-38-39-40-41-42-43-44-45-46-47-50-52-55-58-61-64-67-70-76(79)82-73-74(83-77(80)71-68-65-62-59-56-53-49-27-24-21-18-15-12-9-6-3)72-81-75(78)69-66-63-60-57-54-51-48-26-23-20-17-14-11-8-5-2/h9,12,18,21-22,25,27,29-30,49,56,59,74H,4-8,10-11,13-17,19-20,23-24,26,28,31-48,50-55,57-58,60-73H2,1-3H3/b12-9-,21-18-,25-22-,30-29-,49-27-,59-56-. The summed E-state index contributed by atoms with van der Waals surface area (Å²) in [5, 5.41) is 0. The number of esters is 3. The second-order valence-electron chi connectivity index (χ2n) is 24.5. The van der Waals surface area contributed by atoms with Gasteiger partial charge in [0.2, 0.25) is 0 Å². The molecule has 0 aliphatic rings. The fourth-order valence-corrected chi connectivity index (χ4v) is 10.8. The highest BCUT2D eigenvalue weighted by atomic mass is 16.6. The molecule has 0 aromatic rings. The van der Waals surface area contributed by atoms with Crippen molar-refractivity contribution in [2.75, 3.05) is 13.2 Å². The van der Waals surface area contributed by atoms with Gasteiger partial charge in [-0.2, -0.15) is 0 Å². The zero-order valence-electron chi connectivity index (χ0n) is 55.5. The van der Waals surface area contributed by atoms with Crippen LogP contribution in [-0.4, -0.2) is 37.2 Å². The molecule has 0 aromatic heterocycles. The summed E-state index contributed by atoms with van der Waals surface area (Å²) in [6, 6.07) is 0. The molecule has 0 spiro atoms. The topological polar surface area (TPSA) is 78.9 Å². The highest BCUT2D eigenvalue weighted by Crippen LogP contribution is 2.18. The smallest absolute Gasteiger partial charge is 0.306 e. The van der Waals surface area contributed by atoms with Gasteiger partial charge in [-0.3, -0.25) is 14.4 Å². The maximum absolute atomic E-state index is 12.9. The first-order chi connectivity index (χ1) is 41.0. The lowest BCUT2D eigenvalue weighted by Crippen LogP contribution is -2.30. The molecule has 0 saturated heterocycles. The zero-order chi connectivity index (χ0) is 59.9. The Hall–Kier alpha value is -3.15. The number of allylic oxidation sites excluding steroid dienone is 12. The number of hydrogen-bond acceptors (Lipinski definition) is 6. The molecule has 0 radical (unpaired) electrons. The van der Waals surface area contributed by atoms with E-state index in [2.05, 4.69) is 93.7 Å². The summed E-state index contributed by atoms with van der Waals surface area (Å²) in [6.45, 7) is 6.54. The van der Waals surface area contributed by atoms with Crippen LogP contribution in [-0.2, 0) is 28.6 Å². The molecule has 0 aromatic carbocycles. The second kappa shape index (κ2) is 71.3. The Morgan fingerprint density at radius 3 is 0.759 bits per heavy atom. The van der Waals surface area contributed by atoms with Crippen molar-refractivity contribution in [3.63, 3.8) is 0 Å². The summed E-state index contributed by atoms with van der Waals surface area (Å²) in [5.74, 6) is -0.906. The highest BCUT2D eigenvalue weighted by molar-refractivity contribution is 5.71. The molecule has 6 nitrogen and oxygen atoms in total. The molecule has 0 bridgehead atoms. The quantitative estimate of drug-likeness (QED) is 0.0261. The number of hydrogen-bond donors (Lipinski definition) is 0. The molecule has 1 atom stereocenters. The van der Waals surface area contributed by atoms with Gasteiger partial charge in [0.05, 0.1) is 0 Å². The Kier molecular flexibility index (Phi) is 68.6. The maximum Gasteiger partial charge on any atom is 0.306 e. The van der Waals surface area contributed by atoms with Crippen LogP contribution in [0.1, 0.15) is 380 Å². The average molecular weight is 1160 g/mol. The monoisotopic (exact) mass is 1160 g/mol. The van der Waals surface area contributed by atoms with Crippen molar-refractivity contribution in [1.82, 2.24) is 0 Å². The lowest BCUT2D eigenvalue weighted by molar-refractivity contribution is -0.167. The van der Waals surface area contributed by atoms with Gasteiger partial charge >= 0.3 is 17.9 Å². The lowest BCUT2D eigenvalue weighted by atomic mass is 10.0. The van der Waals surface area contributed by atoms with Gasteiger partial charge in [0.15, 0.2) is 6.10 Å². The predicted octanol–water partition coefficient (Wildman–Crippen LogP) is 25.2. The largest absolute Gasteiger partial charge is 0.462 e. The summed E-state index contributed by atoms with van der Waals surface area (Å²) >= 11 is 0.